The van der Waals surface area contributed by atoms with Gasteiger partial charge in [-0.25, -0.2) is 0 Å². The lowest BCUT2D eigenvalue weighted by Gasteiger charge is -2.30. The first-order chi connectivity index (χ1) is 13.3. The van der Waals surface area contributed by atoms with Gasteiger partial charge in [0.25, 0.3) is 6.01 Å². The van der Waals surface area contributed by atoms with E-state index in [1.54, 1.807) is 0 Å². The van der Waals surface area contributed by atoms with Crippen LogP contribution in [-0.2, 0) is 24.3 Å². The summed E-state index contributed by atoms with van der Waals surface area (Å²) in [4.78, 5) is 19.2. The molecule has 0 bridgehead atoms. The summed E-state index contributed by atoms with van der Waals surface area (Å²) >= 11 is 0. The van der Waals surface area contributed by atoms with E-state index < -0.39 is 0 Å². The van der Waals surface area contributed by atoms with E-state index >= 15 is 0 Å². The molecular weight excluding hydrogens is 344 g/mol. The van der Waals surface area contributed by atoms with Gasteiger partial charge >= 0.3 is 0 Å². The summed E-state index contributed by atoms with van der Waals surface area (Å²) in [5.74, 6) is 2.01. The fourth-order valence-corrected chi connectivity index (χ4v) is 3.98. The second-order valence-corrected chi connectivity index (χ2v) is 7.23. The van der Waals surface area contributed by atoms with Crippen molar-refractivity contribution in [1.82, 2.24) is 25.1 Å². The minimum atomic E-state index is 0.0200. The highest BCUT2D eigenvalue weighted by Gasteiger charge is 2.27. The Morgan fingerprint density at radius 1 is 1.19 bits per heavy atom. The van der Waals surface area contributed by atoms with Crippen molar-refractivity contribution >= 4 is 23.0 Å². The molecule has 0 atom stereocenters. The molecule has 4 heterocycles. The van der Waals surface area contributed by atoms with Gasteiger partial charge in [-0.3, -0.25) is 4.79 Å². The monoisotopic (exact) mass is 366 g/mol. The summed E-state index contributed by atoms with van der Waals surface area (Å²) in [6.07, 6.45) is 3.68. The third-order valence-electron chi connectivity index (χ3n) is 5.53. The van der Waals surface area contributed by atoms with Gasteiger partial charge in [0.2, 0.25) is 5.91 Å². The van der Waals surface area contributed by atoms with Crippen LogP contribution in [0.4, 0.5) is 6.01 Å². The van der Waals surface area contributed by atoms with Gasteiger partial charge in [-0.2, -0.15) is 4.98 Å². The maximum atomic E-state index is 12.6. The molecule has 5 rings (SSSR count). The highest BCUT2D eigenvalue weighted by atomic mass is 16.4. The van der Waals surface area contributed by atoms with Crippen LogP contribution in [0.3, 0.4) is 0 Å². The average Bonchev–Trinajstić information content (AvgIpc) is 3.41. The van der Waals surface area contributed by atoms with Gasteiger partial charge in [0, 0.05) is 32.0 Å². The van der Waals surface area contributed by atoms with Crippen LogP contribution in [0.1, 0.15) is 30.9 Å². The molecule has 0 unspecified atom stereocenters. The van der Waals surface area contributed by atoms with Crippen LogP contribution < -0.4 is 10.2 Å². The van der Waals surface area contributed by atoms with Gasteiger partial charge in [-0.05, 0) is 31.4 Å². The number of aromatic nitrogens is 4. The molecule has 0 saturated carbocycles. The first kappa shape index (κ1) is 16.3. The molecule has 27 heavy (non-hydrogen) atoms. The normalized spacial score (nSPS) is 17.4. The standard InChI is InChI=1S/C19H22N6O2/c26-18(20-12-17-23-22-16-6-3-9-25(16)17)13-7-10-24(11-8-13)19-21-14-4-1-2-5-15(14)27-19/h1-2,4-5,13H,3,6-12H2,(H,20,26). The van der Waals surface area contributed by atoms with Crippen LogP contribution in [0.25, 0.3) is 11.1 Å². The number of fused-ring (bicyclic) bond motifs is 2. The van der Waals surface area contributed by atoms with Gasteiger partial charge in [-0.15, -0.1) is 10.2 Å². The molecule has 2 aromatic heterocycles. The van der Waals surface area contributed by atoms with Crippen LogP contribution in [0.2, 0.25) is 0 Å². The van der Waals surface area contributed by atoms with Crippen molar-refractivity contribution in [3.8, 4) is 0 Å². The highest BCUT2D eigenvalue weighted by Crippen LogP contribution is 2.26. The number of anilines is 1. The Labute approximate surface area is 156 Å². The predicted octanol–water partition coefficient (Wildman–Crippen LogP) is 1.90. The van der Waals surface area contributed by atoms with Crippen LogP contribution >= 0.6 is 0 Å². The Bertz CT molecular complexity index is 937. The summed E-state index contributed by atoms with van der Waals surface area (Å²) in [5, 5.41) is 11.4. The van der Waals surface area contributed by atoms with Crippen molar-refractivity contribution in [2.45, 2.75) is 38.8 Å². The number of oxazole rings is 1. The topological polar surface area (TPSA) is 89.1 Å². The number of benzene rings is 1. The van der Waals surface area contributed by atoms with Crippen molar-refractivity contribution in [2.75, 3.05) is 18.0 Å². The van der Waals surface area contributed by atoms with Crippen molar-refractivity contribution in [1.29, 1.82) is 0 Å². The van der Waals surface area contributed by atoms with E-state index in [1.165, 1.54) is 0 Å². The van der Waals surface area contributed by atoms with E-state index in [-0.39, 0.29) is 11.8 Å². The van der Waals surface area contributed by atoms with Gasteiger partial charge in [0.05, 0.1) is 6.54 Å². The number of nitrogens with zero attached hydrogens (tertiary/aromatic N) is 5. The smallest absolute Gasteiger partial charge is 0.298 e. The molecule has 1 aromatic carbocycles. The van der Waals surface area contributed by atoms with Gasteiger partial charge in [-0.1, -0.05) is 12.1 Å². The number of carbonyl (C=O) groups is 1. The Morgan fingerprint density at radius 3 is 2.89 bits per heavy atom. The second-order valence-electron chi connectivity index (χ2n) is 7.23. The molecule has 1 N–H and O–H groups in total. The predicted molar refractivity (Wildman–Crippen MR) is 99.1 cm³/mol. The number of rotatable bonds is 4. The van der Waals surface area contributed by atoms with Crippen molar-refractivity contribution < 1.29 is 9.21 Å². The number of aryl methyl sites for hydroxylation is 1. The fourth-order valence-electron chi connectivity index (χ4n) is 3.98. The molecule has 2 aliphatic rings. The van der Waals surface area contributed by atoms with Crippen molar-refractivity contribution in [2.24, 2.45) is 5.92 Å². The number of nitrogens with one attached hydrogen (secondary N) is 1. The van der Waals surface area contributed by atoms with Crippen LogP contribution in [0.15, 0.2) is 28.7 Å². The van der Waals surface area contributed by atoms with Crippen LogP contribution in [0.5, 0.6) is 0 Å². The summed E-state index contributed by atoms with van der Waals surface area (Å²) in [5.41, 5.74) is 1.67. The molecule has 3 aromatic rings. The molecule has 1 saturated heterocycles. The zero-order valence-corrected chi connectivity index (χ0v) is 15.1. The molecule has 0 aliphatic carbocycles. The number of carbonyl (C=O) groups excluding carboxylic acids is 1. The Balaban J connectivity index is 1.17. The number of hydrogen-bond donors (Lipinski definition) is 1. The lowest BCUT2D eigenvalue weighted by Crippen LogP contribution is -2.40. The summed E-state index contributed by atoms with van der Waals surface area (Å²) in [7, 11) is 0. The van der Waals surface area contributed by atoms with Gasteiger partial charge in [0.1, 0.15) is 11.3 Å². The summed E-state index contributed by atoms with van der Waals surface area (Å²) in [6.45, 7) is 2.95. The minimum absolute atomic E-state index is 0.0200. The molecule has 1 amide bonds. The molecular formula is C19H22N6O2. The van der Waals surface area contributed by atoms with E-state index in [0.717, 1.165) is 68.1 Å². The quantitative estimate of drug-likeness (QED) is 0.759. The molecule has 1 fully saturated rings. The van der Waals surface area contributed by atoms with Gasteiger partial charge in [0.15, 0.2) is 11.4 Å². The van der Waals surface area contributed by atoms with Crippen LogP contribution in [-0.4, -0.2) is 38.7 Å². The molecule has 8 nitrogen and oxygen atoms in total. The van der Waals surface area contributed by atoms with Gasteiger partial charge < -0.3 is 19.2 Å². The average molecular weight is 366 g/mol. The van der Waals surface area contributed by atoms with E-state index in [1.807, 2.05) is 24.3 Å². The third kappa shape index (κ3) is 3.05. The van der Waals surface area contributed by atoms with Crippen LogP contribution in [0, 0.1) is 5.92 Å². The SMILES string of the molecule is O=C(NCc1nnc2n1CCC2)C1CCN(c2nc3ccccc3o2)CC1. The molecule has 2 aliphatic heterocycles. The van der Waals surface area contributed by atoms with E-state index in [9.17, 15) is 4.79 Å². The fraction of sp³-hybridized carbons (Fsp3) is 0.474. The number of para-hydroxylation sites is 2. The van der Waals surface area contributed by atoms with Crippen molar-refractivity contribution in [3.63, 3.8) is 0 Å². The largest absolute Gasteiger partial charge is 0.423 e. The maximum absolute atomic E-state index is 12.6. The summed E-state index contributed by atoms with van der Waals surface area (Å²) in [6, 6.07) is 8.42. The number of hydrogen-bond acceptors (Lipinski definition) is 6. The maximum Gasteiger partial charge on any atom is 0.298 e. The Morgan fingerprint density at radius 2 is 2.04 bits per heavy atom. The third-order valence-corrected chi connectivity index (χ3v) is 5.53. The highest BCUT2D eigenvalue weighted by molar-refractivity contribution is 5.79. The Kier molecular flexibility index (Phi) is 4.03. The zero-order valence-electron chi connectivity index (χ0n) is 15.1. The molecule has 0 radical (unpaired) electrons. The molecule has 8 heteroatoms. The minimum Gasteiger partial charge on any atom is -0.423 e. The van der Waals surface area contributed by atoms with E-state index in [2.05, 4.69) is 30.0 Å². The summed E-state index contributed by atoms with van der Waals surface area (Å²) < 4.78 is 7.96. The first-order valence-electron chi connectivity index (χ1n) is 9.57. The lowest BCUT2D eigenvalue weighted by atomic mass is 9.96. The van der Waals surface area contributed by atoms with Crippen molar-refractivity contribution in [3.05, 3.63) is 35.9 Å². The number of amides is 1. The molecule has 0 spiro atoms. The zero-order chi connectivity index (χ0) is 18.2. The Hall–Kier alpha value is -2.90. The number of piperidine rings is 1. The molecule has 140 valence electrons. The first-order valence-corrected chi connectivity index (χ1v) is 9.57. The van der Waals surface area contributed by atoms with E-state index in [4.69, 9.17) is 4.42 Å². The van der Waals surface area contributed by atoms with E-state index in [0.29, 0.717) is 12.6 Å². The lowest BCUT2D eigenvalue weighted by molar-refractivity contribution is -0.125. The second kappa shape index (κ2) is 6.68.